The highest BCUT2D eigenvalue weighted by atomic mass is 32.2. The van der Waals surface area contributed by atoms with Crippen LogP contribution >= 0.6 is 0 Å². The first kappa shape index (κ1) is 19.3. The van der Waals surface area contributed by atoms with Crippen LogP contribution < -0.4 is 21.5 Å². The van der Waals surface area contributed by atoms with E-state index in [9.17, 15) is 13.2 Å². The molecule has 1 unspecified atom stereocenters. The average molecular weight is 389 g/mol. The predicted molar refractivity (Wildman–Crippen MR) is 103 cm³/mol. The highest BCUT2D eigenvalue weighted by Crippen LogP contribution is 2.34. The molecule has 0 radical (unpaired) electrons. The third-order valence-corrected chi connectivity index (χ3v) is 5.92. The van der Waals surface area contributed by atoms with E-state index in [1.807, 2.05) is 6.07 Å². The molecule has 1 aliphatic rings. The highest BCUT2D eigenvalue weighted by molar-refractivity contribution is 7.89. The molecule has 0 saturated heterocycles. The Labute approximate surface area is 158 Å². The normalized spacial score (nSPS) is 16.0. The second-order valence-electron chi connectivity index (χ2n) is 6.47. The van der Waals surface area contributed by atoms with Gasteiger partial charge in [0.05, 0.1) is 4.90 Å². The second kappa shape index (κ2) is 8.03. The highest BCUT2D eigenvalue weighted by Gasteiger charge is 2.26. The van der Waals surface area contributed by atoms with Gasteiger partial charge in [0.1, 0.15) is 5.82 Å². The summed E-state index contributed by atoms with van der Waals surface area (Å²) in [5.74, 6) is 0.373. The van der Waals surface area contributed by atoms with E-state index in [0.29, 0.717) is 25.9 Å². The number of benzene rings is 1. The lowest BCUT2D eigenvalue weighted by Crippen LogP contribution is -2.26. The van der Waals surface area contributed by atoms with Crippen LogP contribution in [0.4, 0.5) is 5.82 Å². The van der Waals surface area contributed by atoms with Gasteiger partial charge in [-0.1, -0.05) is 12.1 Å². The van der Waals surface area contributed by atoms with Crippen molar-refractivity contribution in [2.24, 2.45) is 11.5 Å². The first-order chi connectivity index (χ1) is 12.9. The van der Waals surface area contributed by atoms with Crippen molar-refractivity contribution in [2.45, 2.75) is 30.2 Å². The Morgan fingerprint density at radius 3 is 2.67 bits per heavy atom. The summed E-state index contributed by atoms with van der Waals surface area (Å²) in [7, 11) is -3.55. The average Bonchev–Trinajstić information content (AvgIpc) is 3.03. The number of carbonyl (C=O) groups is 1. The number of anilines is 1. The van der Waals surface area contributed by atoms with Crippen LogP contribution in [-0.4, -0.2) is 38.4 Å². The first-order valence-electron chi connectivity index (χ1n) is 8.73. The number of pyridine rings is 1. The van der Waals surface area contributed by atoms with Crippen molar-refractivity contribution in [3.05, 3.63) is 42.1 Å². The Balaban J connectivity index is 1.82. The van der Waals surface area contributed by atoms with Gasteiger partial charge in [0.2, 0.25) is 15.9 Å². The molecule has 0 spiro atoms. The summed E-state index contributed by atoms with van der Waals surface area (Å²) in [4.78, 5) is 15.7. The number of hydrogen-bond acceptors (Lipinski definition) is 6. The maximum atomic E-state index is 12.3. The molecule has 144 valence electrons. The molecule has 0 aliphatic carbocycles. The second-order valence-corrected chi connectivity index (χ2v) is 8.23. The number of aromatic nitrogens is 1. The molecule has 0 bridgehead atoms. The molecular weight excluding hydrogens is 366 g/mol. The Morgan fingerprint density at radius 1 is 1.26 bits per heavy atom. The summed E-state index contributed by atoms with van der Waals surface area (Å²) in [5, 5.41) is 3.21. The Hall–Kier alpha value is -2.49. The monoisotopic (exact) mass is 389 g/mol. The van der Waals surface area contributed by atoms with Gasteiger partial charge in [0.15, 0.2) is 0 Å². The lowest BCUT2D eigenvalue weighted by molar-refractivity contribution is -0.118. The first-order valence-corrected chi connectivity index (χ1v) is 10.2. The molecule has 27 heavy (non-hydrogen) atoms. The summed E-state index contributed by atoms with van der Waals surface area (Å²) in [6, 6.07) is 8.52. The van der Waals surface area contributed by atoms with Crippen molar-refractivity contribution in [2.75, 3.05) is 18.4 Å². The maximum Gasteiger partial charge on any atom is 0.240 e. The minimum absolute atomic E-state index is 0.0717. The van der Waals surface area contributed by atoms with Crippen molar-refractivity contribution < 1.29 is 13.2 Å². The standard InChI is InChI=1S/C18H23N5O3S/c19-7-1-8-22-27(25,26)14-4-2-12(3-5-14)15-6-9-21-18-16(15)10-13(23-18)11-17(20)24/h2-6,9,13,22H,1,7-8,10-11,19H2,(H2,20,24)(H,21,23). The number of primary amides is 1. The van der Waals surface area contributed by atoms with Crippen LogP contribution in [0, 0.1) is 0 Å². The van der Waals surface area contributed by atoms with Crippen LogP contribution in [-0.2, 0) is 21.2 Å². The molecule has 1 atom stereocenters. The molecule has 9 heteroatoms. The van der Waals surface area contributed by atoms with E-state index in [0.717, 1.165) is 22.5 Å². The lowest BCUT2D eigenvalue weighted by Gasteiger charge is -2.09. The van der Waals surface area contributed by atoms with Gasteiger partial charge in [-0.05, 0) is 48.7 Å². The molecule has 0 saturated carbocycles. The van der Waals surface area contributed by atoms with E-state index in [2.05, 4.69) is 15.0 Å². The topological polar surface area (TPSA) is 140 Å². The number of amides is 1. The largest absolute Gasteiger partial charge is 0.370 e. The zero-order valence-corrected chi connectivity index (χ0v) is 15.6. The predicted octanol–water partition coefficient (Wildman–Crippen LogP) is 0.588. The van der Waals surface area contributed by atoms with Crippen molar-refractivity contribution in [3.63, 3.8) is 0 Å². The third-order valence-electron chi connectivity index (χ3n) is 4.44. The molecule has 8 nitrogen and oxygen atoms in total. The van der Waals surface area contributed by atoms with E-state index in [-0.39, 0.29) is 23.3 Å². The third kappa shape index (κ3) is 4.44. The van der Waals surface area contributed by atoms with Gasteiger partial charge in [-0.2, -0.15) is 0 Å². The van der Waals surface area contributed by atoms with Gasteiger partial charge < -0.3 is 16.8 Å². The Bertz CT molecular complexity index is 929. The van der Waals surface area contributed by atoms with E-state index < -0.39 is 10.0 Å². The molecule has 1 aliphatic heterocycles. The van der Waals surface area contributed by atoms with Crippen molar-refractivity contribution in [3.8, 4) is 11.1 Å². The molecule has 0 fully saturated rings. The van der Waals surface area contributed by atoms with Crippen LogP contribution in [0.5, 0.6) is 0 Å². The van der Waals surface area contributed by atoms with Gasteiger partial charge in [-0.3, -0.25) is 4.79 Å². The number of hydrogen-bond donors (Lipinski definition) is 4. The minimum Gasteiger partial charge on any atom is -0.370 e. The van der Waals surface area contributed by atoms with E-state index in [1.165, 1.54) is 0 Å². The zero-order chi connectivity index (χ0) is 19.4. The fraction of sp³-hybridized carbons (Fsp3) is 0.333. The summed E-state index contributed by atoms with van der Waals surface area (Å²) < 4.78 is 27.1. The van der Waals surface area contributed by atoms with Gasteiger partial charge in [-0.25, -0.2) is 18.1 Å². The van der Waals surface area contributed by atoms with Crippen LogP contribution in [0.15, 0.2) is 41.4 Å². The Morgan fingerprint density at radius 2 is 2.00 bits per heavy atom. The molecule has 2 heterocycles. The molecule has 1 aromatic heterocycles. The quantitative estimate of drug-likeness (QED) is 0.487. The minimum atomic E-state index is -3.55. The van der Waals surface area contributed by atoms with Crippen LogP contribution in [0.2, 0.25) is 0 Å². The lowest BCUT2D eigenvalue weighted by atomic mass is 9.98. The van der Waals surface area contributed by atoms with Crippen molar-refractivity contribution >= 4 is 21.7 Å². The van der Waals surface area contributed by atoms with Gasteiger partial charge >= 0.3 is 0 Å². The molecule has 1 aromatic carbocycles. The number of nitrogens with two attached hydrogens (primary N) is 2. The van der Waals surface area contributed by atoms with Gasteiger partial charge in [0.25, 0.3) is 0 Å². The fourth-order valence-electron chi connectivity index (χ4n) is 3.16. The maximum absolute atomic E-state index is 12.3. The van der Waals surface area contributed by atoms with E-state index >= 15 is 0 Å². The Kier molecular flexibility index (Phi) is 5.73. The SMILES string of the molecule is NCCCNS(=O)(=O)c1ccc(-c2ccnc3c2CC(CC(N)=O)N3)cc1. The van der Waals surface area contributed by atoms with Crippen LogP contribution in [0.1, 0.15) is 18.4 Å². The number of carbonyl (C=O) groups excluding carboxylic acids is 1. The van der Waals surface area contributed by atoms with Gasteiger partial charge in [-0.15, -0.1) is 0 Å². The molecule has 2 aromatic rings. The number of fused-ring (bicyclic) bond motifs is 1. The zero-order valence-electron chi connectivity index (χ0n) is 14.8. The molecule has 3 rings (SSSR count). The van der Waals surface area contributed by atoms with Crippen LogP contribution in [0.3, 0.4) is 0 Å². The summed E-state index contributed by atoms with van der Waals surface area (Å²) in [6.45, 7) is 0.741. The van der Waals surface area contributed by atoms with E-state index in [4.69, 9.17) is 11.5 Å². The van der Waals surface area contributed by atoms with Crippen molar-refractivity contribution in [1.82, 2.24) is 9.71 Å². The van der Waals surface area contributed by atoms with E-state index in [1.54, 1.807) is 30.5 Å². The van der Waals surface area contributed by atoms with Gasteiger partial charge in [0, 0.05) is 30.8 Å². The smallest absolute Gasteiger partial charge is 0.240 e. The number of nitrogens with zero attached hydrogens (tertiary/aromatic N) is 1. The van der Waals surface area contributed by atoms with Crippen molar-refractivity contribution in [1.29, 1.82) is 0 Å². The summed E-state index contributed by atoms with van der Waals surface area (Å²) in [6.07, 6.45) is 3.15. The fourth-order valence-corrected chi connectivity index (χ4v) is 4.23. The molecule has 6 N–H and O–H groups in total. The summed E-state index contributed by atoms with van der Waals surface area (Å²) in [5.41, 5.74) is 13.5. The molecular formula is C18H23N5O3S. The molecule has 1 amide bonds. The number of sulfonamides is 1. The van der Waals surface area contributed by atoms with Crippen LogP contribution in [0.25, 0.3) is 11.1 Å². The summed E-state index contributed by atoms with van der Waals surface area (Å²) >= 11 is 0. The number of rotatable bonds is 8. The number of nitrogens with one attached hydrogen (secondary N) is 2.